The molecule has 2 aromatic heterocycles. The Hall–Kier alpha value is -2.77. The highest BCUT2D eigenvalue weighted by atomic mass is 19.1. The third kappa shape index (κ3) is 6.08. The van der Waals surface area contributed by atoms with Crippen LogP contribution in [0.5, 0.6) is 0 Å². The number of ether oxygens (including phenoxy) is 1. The Balaban J connectivity index is 1.83. The van der Waals surface area contributed by atoms with Gasteiger partial charge in [0.2, 0.25) is 17.8 Å². The van der Waals surface area contributed by atoms with Gasteiger partial charge in [0.15, 0.2) is 0 Å². The maximum absolute atomic E-state index is 13.7. The summed E-state index contributed by atoms with van der Waals surface area (Å²) in [4.78, 5) is 20.9. The molecule has 0 aliphatic heterocycles. The van der Waals surface area contributed by atoms with Crippen LogP contribution >= 0.6 is 0 Å². The molecule has 1 aliphatic carbocycles. The summed E-state index contributed by atoms with van der Waals surface area (Å²) in [6, 6.07) is 0.989. The minimum Gasteiger partial charge on any atom is -0.386 e. The van der Waals surface area contributed by atoms with Gasteiger partial charge in [-0.3, -0.25) is 4.90 Å². The molecule has 3 rings (SSSR count). The number of hydrogen-bond donors (Lipinski definition) is 4. The topological polar surface area (TPSA) is 138 Å². The first kappa shape index (κ1) is 26.8. The van der Waals surface area contributed by atoms with Crippen LogP contribution in [0.15, 0.2) is 30.4 Å². The van der Waals surface area contributed by atoms with E-state index in [0.717, 1.165) is 18.8 Å². The monoisotopic (exact) mass is 489 g/mol. The van der Waals surface area contributed by atoms with Gasteiger partial charge in [0.25, 0.3) is 0 Å². The van der Waals surface area contributed by atoms with Gasteiger partial charge in [-0.2, -0.15) is 9.37 Å². The minimum absolute atomic E-state index is 0.189. The van der Waals surface area contributed by atoms with Crippen molar-refractivity contribution in [3.63, 3.8) is 0 Å². The maximum atomic E-state index is 13.7. The number of hydrogen-bond acceptors (Lipinski definition) is 11. The van der Waals surface area contributed by atoms with E-state index in [4.69, 9.17) is 10.5 Å². The Bertz CT molecular complexity index is 1040. The first-order chi connectivity index (χ1) is 16.5. The number of rotatable bonds is 12. The molecule has 2 aromatic rings. The predicted molar refractivity (Wildman–Crippen MR) is 133 cm³/mol. The molecule has 0 bridgehead atoms. The summed E-state index contributed by atoms with van der Waals surface area (Å²) in [5.41, 5.74) is 6.35. The van der Waals surface area contributed by atoms with E-state index in [0.29, 0.717) is 30.2 Å². The van der Waals surface area contributed by atoms with Gasteiger partial charge < -0.3 is 31.1 Å². The van der Waals surface area contributed by atoms with Crippen molar-refractivity contribution in [2.75, 3.05) is 58.6 Å². The Morgan fingerprint density at radius 3 is 2.46 bits per heavy atom. The molecule has 0 aromatic carbocycles. The molecule has 0 saturated heterocycles. The summed E-state index contributed by atoms with van der Waals surface area (Å²) in [7, 11) is 7.79. The lowest BCUT2D eigenvalue weighted by Gasteiger charge is -2.53. The first-order valence-electron chi connectivity index (χ1n) is 11.4. The molecule has 0 radical (unpaired) electrons. The van der Waals surface area contributed by atoms with E-state index in [-0.39, 0.29) is 12.0 Å². The van der Waals surface area contributed by atoms with E-state index in [1.54, 1.807) is 21.0 Å². The van der Waals surface area contributed by atoms with Crippen molar-refractivity contribution in [1.29, 1.82) is 0 Å². The van der Waals surface area contributed by atoms with Gasteiger partial charge in [-0.25, -0.2) is 15.0 Å². The van der Waals surface area contributed by atoms with Gasteiger partial charge in [0.05, 0.1) is 23.0 Å². The highest BCUT2D eigenvalue weighted by Gasteiger charge is 2.49. The van der Waals surface area contributed by atoms with Crippen molar-refractivity contribution in [2.24, 2.45) is 5.73 Å². The largest absolute Gasteiger partial charge is 0.386 e. The third-order valence-corrected chi connectivity index (χ3v) is 6.21. The summed E-state index contributed by atoms with van der Waals surface area (Å²) < 4.78 is 19.1. The molecule has 2 heterocycles. The molecule has 0 amide bonds. The number of nitrogens with zero attached hydrogens (tertiary/aromatic N) is 6. The molecule has 35 heavy (non-hydrogen) atoms. The van der Waals surface area contributed by atoms with E-state index < -0.39 is 17.1 Å². The molecule has 2 atom stereocenters. The van der Waals surface area contributed by atoms with E-state index in [2.05, 4.69) is 40.4 Å². The van der Waals surface area contributed by atoms with Gasteiger partial charge >= 0.3 is 0 Å². The Labute approximate surface area is 205 Å². The standard InChI is InChI=1S/C23H36FN9O2/c1-22(2,34)15-11-19(24)26-13-16(15)29-20-27-14-28-21(31-20)30-18-12-17(25)23(18,7-10-35-6)33(5)9-8-32(3)4/h11-14,17,34H,7-10,25H2,1-6H3,(H2,27,28,29,30,31)/t17?,23-/m1/s1. The molecule has 0 spiro atoms. The normalized spacial score (nSPS) is 20.1. The second-order valence-corrected chi connectivity index (χ2v) is 9.49. The fourth-order valence-corrected chi connectivity index (χ4v) is 4.15. The number of methoxy groups -OCH3 is 1. The summed E-state index contributed by atoms with van der Waals surface area (Å²) >= 11 is 0. The molecule has 5 N–H and O–H groups in total. The van der Waals surface area contributed by atoms with Gasteiger partial charge in [0, 0.05) is 50.2 Å². The van der Waals surface area contributed by atoms with Crippen molar-refractivity contribution in [3.8, 4) is 0 Å². The highest BCUT2D eigenvalue weighted by molar-refractivity contribution is 5.59. The maximum Gasteiger partial charge on any atom is 0.232 e. The highest BCUT2D eigenvalue weighted by Crippen LogP contribution is 2.39. The molecule has 1 unspecified atom stereocenters. The van der Waals surface area contributed by atoms with Crippen LogP contribution in [0.1, 0.15) is 25.8 Å². The number of anilines is 3. The zero-order chi connectivity index (χ0) is 25.8. The SMILES string of the molecule is COCC[C@]1(N(C)CCN(C)C)C(Nc2ncnc(Nc3cnc(F)cc3C(C)(C)O)n2)=CC1N. The molecule has 12 heteroatoms. The molecular formula is C23H36FN9O2. The Kier molecular flexibility index (Phi) is 8.34. The molecule has 1 aliphatic rings. The number of halogens is 1. The van der Waals surface area contributed by atoms with Crippen LogP contribution in [0, 0.1) is 5.95 Å². The summed E-state index contributed by atoms with van der Waals surface area (Å²) in [6.45, 7) is 5.35. The lowest BCUT2D eigenvalue weighted by molar-refractivity contribution is 0.0673. The van der Waals surface area contributed by atoms with Crippen LogP contribution in [-0.4, -0.2) is 94.4 Å². The number of aromatic nitrogens is 4. The second kappa shape index (κ2) is 10.9. The van der Waals surface area contributed by atoms with Crippen molar-refractivity contribution in [3.05, 3.63) is 41.9 Å². The third-order valence-electron chi connectivity index (χ3n) is 6.21. The molecule has 0 fully saturated rings. The van der Waals surface area contributed by atoms with E-state index in [1.165, 1.54) is 18.6 Å². The average Bonchev–Trinajstić information content (AvgIpc) is 2.78. The smallest absolute Gasteiger partial charge is 0.232 e. The van der Waals surface area contributed by atoms with Gasteiger partial charge in [-0.15, -0.1) is 0 Å². The quantitative estimate of drug-likeness (QED) is 0.321. The van der Waals surface area contributed by atoms with Gasteiger partial charge in [0.1, 0.15) is 6.33 Å². The number of pyridine rings is 1. The summed E-state index contributed by atoms with van der Waals surface area (Å²) in [5, 5.41) is 16.7. The zero-order valence-corrected chi connectivity index (χ0v) is 21.2. The van der Waals surface area contributed by atoms with Crippen LogP contribution in [0.4, 0.5) is 22.0 Å². The van der Waals surface area contributed by atoms with E-state index >= 15 is 0 Å². The minimum atomic E-state index is -1.30. The van der Waals surface area contributed by atoms with Crippen LogP contribution in [-0.2, 0) is 10.3 Å². The zero-order valence-electron chi connectivity index (χ0n) is 21.2. The number of nitrogens with one attached hydrogen (secondary N) is 2. The number of aliphatic hydroxyl groups is 1. The number of likely N-dealkylation sites (N-methyl/N-ethyl adjacent to an activating group) is 2. The van der Waals surface area contributed by atoms with Crippen LogP contribution in [0.3, 0.4) is 0 Å². The van der Waals surface area contributed by atoms with Crippen LogP contribution < -0.4 is 16.4 Å². The summed E-state index contributed by atoms with van der Waals surface area (Å²) in [5.74, 6) is -0.151. The molecule has 11 nitrogen and oxygen atoms in total. The fraction of sp³-hybridized carbons (Fsp3) is 0.565. The molecule has 0 saturated carbocycles. The van der Waals surface area contributed by atoms with Gasteiger partial charge in [-0.05, 0) is 47.5 Å². The lowest BCUT2D eigenvalue weighted by atomic mass is 9.73. The second-order valence-electron chi connectivity index (χ2n) is 9.49. The van der Waals surface area contributed by atoms with Crippen molar-refractivity contribution < 1.29 is 14.2 Å². The van der Waals surface area contributed by atoms with Crippen molar-refractivity contribution in [2.45, 2.75) is 37.5 Å². The Morgan fingerprint density at radius 1 is 1.17 bits per heavy atom. The van der Waals surface area contributed by atoms with Crippen molar-refractivity contribution >= 4 is 17.6 Å². The Morgan fingerprint density at radius 2 is 1.86 bits per heavy atom. The van der Waals surface area contributed by atoms with Crippen LogP contribution in [0.25, 0.3) is 0 Å². The summed E-state index contributed by atoms with van der Waals surface area (Å²) in [6.07, 6.45) is 5.31. The van der Waals surface area contributed by atoms with E-state index in [9.17, 15) is 9.50 Å². The van der Waals surface area contributed by atoms with Crippen LogP contribution in [0.2, 0.25) is 0 Å². The first-order valence-corrected chi connectivity index (χ1v) is 11.4. The van der Waals surface area contributed by atoms with Crippen molar-refractivity contribution in [1.82, 2.24) is 29.7 Å². The van der Waals surface area contributed by atoms with Gasteiger partial charge in [-0.1, -0.05) is 0 Å². The fourth-order valence-electron chi connectivity index (χ4n) is 4.15. The molecule has 192 valence electrons. The number of nitrogens with two attached hydrogens (primary N) is 1. The lowest BCUT2D eigenvalue weighted by Crippen LogP contribution is -2.67. The molecular weight excluding hydrogens is 453 g/mol. The average molecular weight is 490 g/mol. The van der Waals surface area contributed by atoms with E-state index in [1.807, 2.05) is 27.2 Å². The predicted octanol–water partition coefficient (Wildman–Crippen LogP) is 1.28.